The number of hydrogen-bond acceptors (Lipinski definition) is 3. The standard InChI is InChI=1S/C17H15ClN2O2S/c18-13-7-5-12(6-8-13)9-19-16(21)10-20-14-3-1-2-4-15(14)23-11-17(20)22/h1-8H,9-11H2,(H,19,21). The van der Waals surface area contributed by atoms with Gasteiger partial charge in [0.1, 0.15) is 6.54 Å². The summed E-state index contributed by atoms with van der Waals surface area (Å²) < 4.78 is 0. The number of nitrogens with zero attached hydrogens (tertiary/aromatic N) is 1. The van der Waals surface area contributed by atoms with E-state index in [4.69, 9.17) is 11.6 Å². The Morgan fingerprint density at radius 1 is 1.17 bits per heavy atom. The van der Waals surface area contributed by atoms with E-state index < -0.39 is 0 Å². The Morgan fingerprint density at radius 2 is 1.91 bits per heavy atom. The van der Waals surface area contributed by atoms with Crippen LogP contribution in [-0.2, 0) is 16.1 Å². The second kappa shape index (κ2) is 7.06. The number of hydrogen-bond donors (Lipinski definition) is 1. The summed E-state index contributed by atoms with van der Waals surface area (Å²) in [6.45, 7) is 0.443. The number of amides is 2. The second-order valence-electron chi connectivity index (χ2n) is 5.14. The molecule has 0 aromatic heterocycles. The van der Waals surface area contributed by atoms with Gasteiger partial charge in [-0.3, -0.25) is 9.59 Å². The summed E-state index contributed by atoms with van der Waals surface area (Å²) in [6, 6.07) is 14.9. The highest BCUT2D eigenvalue weighted by atomic mass is 35.5. The summed E-state index contributed by atoms with van der Waals surface area (Å²) >= 11 is 7.34. The summed E-state index contributed by atoms with van der Waals surface area (Å²) in [6.07, 6.45) is 0. The van der Waals surface area contributed by atoms with Crippen LogP contribution in [0.2, 0.25) is 5.02 Å². The molecule has 0 unspecified atom stereocenters. The van der Waals surface area contributed by atoms with Crippen LogP contribution in [0, 0.1) is 0 Å². The summed E-state index contributed by atoms with van der Waals surface area (Å²) in [4.78, 5) is 26.9. The van der Waals surface area contributed by atoms with E-state index in [0.717, 1.165) is 16.1 Å². The fraction of sp³-hybridized carbons (Fsp3) is 0.176. The van der Waals surface area contributed by atoms with Crippen LogP contribution < -0.4 is 10.2 Å². The van der Waals surface area contributed by atoms with E-state index in [0.29, 0.717) is 17.3 Å². The molecule has 1 N–H and O–H groups in total. The number of carbonyl (C=O) groups excluding carboxylic acids is 2. The average molecular weight is 347 g/mol. The molecule has 3 rings (SSSR count). The van der Waals surface area contributed by atoms with Crippen molar-refractivity contribution in [1.29, 1.82) is 0 Å². The Balaban J connectivity index is 1.63. The van der Waals surface area contributed by atoms with E-state index in [2.05, 4.69) is 5.32 Å². The number of carbonyl (C=O) groups is 2. The van der Waals surface area contributed by atoms with E-state index in [9.17, 15) is 9.59 Å². The number of rotatable bonds is 4. The van der Waals surface area contributed by atoms with Gasteiger partial charge in [0.05, 0.1) is 11.4 Å². The minimum Gasteiger partial charge on any atom is -0.350 e. The molecule has 118 valence electrons. The number of benzene rings is 2. The van der Waals surface area contributed by atoms with Gasteiger partial charge in [-0.25, -0.2) is 0 Å². The molecule has 6 heteroatoms. The first-order chi connectivity index (χ1) is 11.1. The van der Waals surface area contributed by atoms with Crippen LogP contribution in [0.5, 0.6) is 0 Å². The number of thioether (sulfide) groups is 1. The van der Waals surface area contributed by atoms with Gasteiger partial charge in [0, 0.05) is 16.5 Å². The minimum atomic E-state index is -0.185. The predicted octanol–water partition coefficient (Wildman–Crippen LogP) is 3.10. The lowest BCUT2D eigenvalue weighted by atomic mass is 10.2. The molecular formula is C17H15ClN2O2S. The van der Waals surface area contributed by atoms with Gasteiger partial charge in [0.15, 0.2) is 0 Å². The Bertz CT molecular complexity index is 734. The van der Waals surface area contributed by atoms with Gasteiger partial charge >= 0.3 is 0 Å². The molecule has 1 aliphatic rings. The molecule has 0 fully saturated rings. The van der Waals surface area contributed by atoms with Crippen molar-refractivity contribution in [1.82, 2.24) is 5.32 Å². The van der Waals surface area contributed by atoms with Crippen molar-refractivity contribution >= 4 is 40.9 Å². The summed E-state index contributed by atoms with van der Waals surface area (Å²) in [5.41, 5.74) is 1.76. The first-order valence-electron chi connectivity index (χ1n) is 7.17. The van der Waals surface area contributed by atoms with Crippen LogP contribution >= 0.6 is 23.4 Å². The topological polar surface area (TPSA) is 49.4 Å². The fourth-order valence-corrected chi connectivity index (χ4v) is 3.39. The third kappa shape index (κ3) is 3.86. The Labute approximate surface area is 143 Å². The van der Waals surface area contributed by atoms with Gasteiger partial charge in [0.25, 0.3) is 0 Å². The Hall–Kier alpha value is -1.98. The Kier molecular flexibility index (Phi) is 4.88. The molecule has 4 nitrogen and oxygen atoms in total. The van der Waals surface area contributed by atoms with Crippen molar-refractivity contribution in [3.63, 3.8) is 0 Å². The molecule has 0 atom stereocenters. The summed E-state index contributed by atoms with van der Waals surface area (Å²) in [5.74, 6) is 0.131. The molecule has 2 amide bonds. The molecule has 1 heterocycles. The summed E-state index contributed by atoms with van der Waals surface area (Å²) in [5, 5.41) is 3.49. The van der Waals surface area contributed by atoms with Crippen LogP contribution in [0.15, 0.2) is 53.4 Å². The molecule has 0 spiro atoms. The molecule has 2 aromatic carbocycles. The zero-order valence-corrected chi connectivity index (χ0v) is 13.9. The highest BCUT2D eigenvalue weighted by Crippen LogP contribution is 2.34. The molecule has 23 heavy (non-hydrogen) atoms. The lowest BCUT2D eigenvalue weighted by molar-refractivity contribution is -0.123. The lowest BCUT2D eigenvalue weighted by Crippen LogP contribution is -2.43. The minimum absolute atomic E-state index is 0.0317. The van der Waals surface area contributed by atoms with Gasteiger partial charge in [-0.2, -0.15) is 0 Å². The van der Waals surface area contributed by atoms with Crippen LogP contribution in [0.3, 0.4) is 0 Å². The van der Waals surface area contributed by atoms with Crippen LogP contribution in [0.25, 0.3) is 0 Å². The summed E-state index contributed by atoms with van der Waals surface area (Å²) in [7, 11) is 0. The number of nitrogens with one attached hydrogen (secondary N) is 1. The van der Waals surface area contributed by atoms with Crippen LogP contribution in [-0.4, -0.2) is 24.1 Å². The zero-order chi connectivity index (χ0) is 16.2. The van der Waals surface area contributed by atoms with E-state index in [1.54, 1.807) is 17.0 Å². The Morgan fingerprint density at radius 3 is 2.70 bits per heavy atom. The molecule has 0 saturated carbocycles. The monoisotopic (exact) mass is 346 g/mol. The van der Waals surface area contributed by atoms with Gasteiger partial charge < -0.3 is 10.2 Å². The van der Waals surface area contributed by atoms with Crippen molar-refractivity contribution in [3.05, 3.63) is 59.1 Å². The van der Waals surface area contributed by atoms with Crippen molar-refractivity contribution in [3.8, 4) is 0 Å². The highest BCUT2D eigenvalue weighted by Gasteiger charge is 2.25. The van der Waals surface area contributed by atoms with E-state index >= 15 is 0 Å². The zero-order valence-electron chi connectivity index (χ0n) is 12.3. The van der Waals surface area contributed by atoms with Crippen molar-refractivity contribution in [2.75, 3.05) is 17.2 Å². The molecule has 1 aliphatic heterocycles. The SMILES string of the molecule is O=C(CN1C(=O)CSc2ccccc21)NCc1ccc(Cl)cc1. The van der Waals surface area contributed by atoms with Gasteiger partial charge in [0.2, 0.25) is 11.8 Å². The van der Waals surface area contributed by atoms with E-state index in [1.165, 1.54) is 11.8 Å². The fourth-order valence-electron chi connectivity index (χ4n) is 2.33. The molecule has 0 radical (unpaired) electrons. The third-order valence-corrected chi connectivity index (χ3v) is 4.81. The third-order valence-electron chi connectivity index (χ3n) is 3.51. The average Bonchev–Trinajstić information content (AvgIpc) is 2.57. The number of halogens is 1. The smallest absolute Gasteiger partial charge is 0.240 e. The molecule has 0 bridgehead atoms. The maximum Gasteiger partial charge on any atom is 0.240 e. The molecule has 2 aromatic rings. The lowest BCUT2D eigenvalue weighted by Gasteiger charge is -2.28. The maximum absolute atomic E-state index is 12.2. The second-order valence-corrected chi connectivity index (χ2v) is 6.59. The number of anilines is 1. The largest absolute Gasteiger partial charge is 0.350 e. The van der Waals surface area contributed by atoms with Gasteiger partial charge in [-0.15, -0.1) is 11.8 Å². The van der Waals surface area contributed by atoms with Crippen LogP contribution in [0.1, 0.15) is 5.56 Å². The van der Waals surface area contributed by atoms with Crippen molar-refractivity contribution in [2.24, 2.45) is 0 Å². The van der Waals surface area contributed by atoms with E-state index in [-0.39, 0.29) is 18.4 Å². The maximum atomic E-state index is 12.2. The molecular weight excluding hydrogens is 332 g/mol. The van der Waals surface area contributed by atoms with Gasteiger partial charge in [-0.1, -0.05) is 35.9 Å². The number of fused-ring (bicyclic) bond motifs is 1. The van der Waals surface area contributed by atoms with Crippen LogP contribution in [0.4, 0.5) is 5.69 Å². The van der Waals surface area contributed by atoms with Crippen molar-refractivity contribution in [2.45, 2.75) is 11.4 Å². The first-order valence-corrected chi connectivity index (χ1v) is 8.53. The molecule has 0 saturated heterocycles. The van der Waals surface area contributed by atoms with Gasteiger partial charge in [-0.05, 0) is 29.8 Å². The van der Waals surface area contributed by atoms with Crippen molar-refractivity contribution < 1.29 is 9.59 Å². The quantitative estimate of drug-likeness (QED) is 0.925. The normalized spacial score (nSPS) is 13.6. The first kappa shape index (κ1) is 15.9. The predicted molar refractivity (Wildman–Crippen MR) is 92.8 cm³/mol. The van der Waals surface area contributed by atoms with E-state index in [1.807, 2.05) is 36.4 Å². The molecule has 0 aliphatic carbocycles. The highest BCUT2D eigenvalue weighted by molar-refractivity contribution is 8.00. The number of para-hydroxylation sites is 1.